The molecular formula is C30H21F3O5. The minimum atomic E-state index is -4.96. The first-order chi connectivity index (χ1) is 18.3. The molecule has 0 saturated carbocycles. The van der Waals surface area contributed by atoms with Crippen LogP contribution in [0.15, 0.2) is 106 Å². The molecule has 5 nitrogen and oxygen atoms in total. The molecule has 1 heterocycles. The number of rotatable bonds is 7. The smallest absolute Gasteiger partial charge is 0.453 e. The van der Waals surface area contributed by atoms with E-state index in [9.17, 15) is 18.0 Å². The molecule has 4 aromatic carbocycles. The molecule has 0 aliphatic heterocycles. The highest BCUT2D eigenvalue weighted by atomic mass is 19.4. The second-order valence-electron chi connectivity index (χ2n) is 8.51. The van der Waals surface area contributed by atoms with Gasteiger partial charge in [0, 0.05) is 6.07 Å². The Morgan fingerprint density at radius 3 is 2.18 bits per heavy atom. The van der Waals surface area contributed by atoms with E-state index in [1.807, 2.05) is 42.5 Å². The van der Waals surface area contributed by atoms with Crippen molar-refractivity contribution in [3.05, 3.63) is 124 Å². The summed E-state index contributed by atoms with van der Waals surface area (Å²) in [7, 11) is 0. The quantitative estimate of drug-likeness (QED) is 0.217. The molecule has 0 unspecified atom stereocenters. The number of hydrogen-bond donors (Lipinski definition) is 0. The number of alkyl halides is 3. The standard InChI is InChI=1S/C30H21F3O5/c1-19-7-5-11-23(15-19)37-28-27(34)25-14-13-22(17-26(25)38-29(28)30(31,32)33)35-18-20-8-6-12-24(16-20)36-21-9-3-2-4-10-21/h2-17H,18H2,1H3. The lowest BCUT2D eigenvalue weighted by Crippen LogP contribution is -2.15. The van der Waals surface area contributed by atoms with Gasteiger partial charge in [-0.25, -0.2) is 0 Å². The van der Waals surface area contributed by atoms with Crippen LogP contribution in [0, 0.1) is 6.92 Å². The van der Waals surface area contributed by atoms with Crippen LogP contribution < -0.4 is 19.6 Å². The average Bonchev–Trinajstić information content (AvgIpc) is 2.89. The van der Waals surface area contributed by atoms with E-state index in [4.69, 9.17) is 18.6 Å². The van der Waals surface area contributed by atoms with E-state index < -0.39 is 23.1 Å². The Kier molecular flexibility index (Phi) is 6.79. The molecule has 0 atom stereocenters. The zero-order valence-corrected chi connectivity index (χ0v) is 20.1. The Hall–Kier alpha value is -4.72. The van der Waals surface area contributed by atoms with Gasteiger partial charge >= 0.3 is 6.18 Å². The molecule has 0 bridgehead atoms. The molecule has 1 aromatic heterocycles. The van der Waals surface area contributed by atoms with E-state index in [1.165, 1.54) is 30.3 Å². The van der Waals surface area contributed by atoms with Gasteiger partial charge < -0.3 is 18.6 Å². The predicted molar refractivity (Wildman–Crippen MR) is 136 cm³/mol. The molecule has 0 fully saturated rings. The number of hydrogen-bond acceptors (Lipinski definition) is 5. The summed E-state index contributed by atoms with van der Waals surface area (Å²) in [6, 6.07) is 27.0. The summed E-state index contributed by atoms with van der Waals surface area (Å²) in [5.74, 6) is -0.811. The molecule has 0 aliphatic carbocycles. The van der Waals surface area contributed by atoms with Crippen molar-refractivity contribution in [2.75, 3.05) is 0 Å². The molecule has 38 heavy (non-hydrogen) atoms. The van der Waals surface area contributed by atoms with Crippen LogP contribution in [0.25, 0.3) is 11.0 Å². The number of benzene rings is 4. The van der Waals surface area contributed by atoms with E-state index in [0.717, 1.165) is 11.1 Å². The van der Waals surface area contributed by atoms with Crippen LogP contribution in [-0.4, -0.2) is 0 Å². The fourth-order valence-electron chi connectivity index (χ4n) is 3.81. The minimum absolute atomic E-state index is 0.0636. The minimum Gasteiger partial charge on any atom is -0.489 e. The maximum Gasteiger partial charge on any atom is 0.453 e. The molecule has 0 N–H and O–H groups in total. The van der Waals surface area contributed by atoms with Gasteiger partial charge in [0.05, 0.1) is 5.39 Å². The SMILES string of the molecule is Cc1cccc(Oc2c(C(F)(F)F)oc3cc(OCc4cccc(Oc5ccccc5)c4)ccc3c2=O)c1. The third-order valence-corrected chi connectivity index (χ3v) is 5.57. The van der Waals surface area contributed by atoms with Crippen molar-refractivity contribution in [3.63, 3.8) is 0 Å². The highest BCUT2D eigenvalue weighted by molar-refractivity contribution is 5.79. The molecule has 8 heteroatoms. The second-order valence-corrected chi connectivity index (χ2v) is 8.51. The first-order valence-corrected chi connectivity index (χ1v) is 11.6. The monoisotopic (exact) mass is 518 g/mol. The van der Waals surface area contributed by atoms with Gasteiger partial charge in [-0.1, -0.05) is 42.5 Å². The molecule has 0 radical (unpaired) electrons. The number of fused-ring (bicyclic) bond motifs is 1. The average molecular weight is 518 g/mol. The van der Waals surface area contributed by atoms with Crippen LogP contribution in [0.3, 0.4) is 0 Å². The van der Waals surface area contributed by atoms with Gasteiger partial charge in [0.25, 0.3) is 5.76 Å². The van der Waals surface area contributed by atoms with E-state index in [1.54, 1.807) is 31.2 Å². The predicted octanol–water partition coefficient (Wildman–Crippen LogP) is 8.28. The normalized spacial score (nSPS) is 11.4. The van der Waals surface area contributed by atoms with Crippen LogP contribution in [-0.2, 0) is 12.8 Å². The van der Waals surface area contributed by atoms with E-state index in [0.29, 0.717) is 11.5 Å². The topological polar surface area (TPSA) is 57.9 Å². The van der Waals surface area contributed by atoms with Crippen molar-refractivity contribution < 1.29 is 31.8 Å². The first-order valence-electron chi connectivity index (χ1n) is 11.6. The Morgan fingerprint density at radius 2 is 1.45 bits per heavy atom. The fourth-order valence-corrected chi connectivity index (χ4v) is 3.81. The maximum atomic E-state index is 13.8. The van der Waals surface area contributed by atoms with Crippen LogP contribution in [0.2, 0.25) is 0 Å². The fraction of sp³-hybridized carbons (Fsp3) is 0.100. The van der Waals surface area contributed by atoms with Crippen molar-refractivity contribution in [3.8, 4) is 28.7 Å². The summed E-state index contributed by atoms with van der Waals surface area (Å²) in [5.41, 5.74) is 0.341. The molecule has 192 valence electrons. The van der Waals surface area contributed by atoms with Crippen LogP contribution in [0.5, 0.6) is 28.7 Å². The van der Waals surface area contributed by atoms with Gasteiger partial charge in [-0.3, -0.25) is 4.79 Å². The number of para-hydroxylation sites is 1. The second kappa shape index (κ2) is 10.3. The molecule has 0 saturated heterocycles. The summed E-state index contributed by atoms with van der Waals surface area (Å²) in [6.07, 6.45) is -4.96. The largest absolute Gasteiger partial charge is 0.489 e. The first kappa shape index (κ1) is 25.0. The lowest BCUT2D eigenvalue weighted by molar-refractivity contribution is -0.154. The lowest BCUT2D eigenvalue weighted by atomic mass is 10.2. The summed E-state index contributed by atoms with van der Waals surface area (Å²) in [5, 5.41) is -0.0636. The highest BCUT2D eigenvalue weighted by Crippen LogP contribution is 2.38. The van der Waals surface area contributed by atoms with Gasteiger partial charge in [0.1, 0.15) is 35.2 Å². The summed E-state index contributed by atoms with van der Waals surface area (Å²) in [4.78, 5) is 13.0. The molecule has 0 aliphatic rings. The molecule has 5 aromatic rings. The summed E-state index contributed by atoms with van der Waals surface area (Å²) in [6.45, 7) is 1.87. The molecule has 0 spiro atoms. The Balaban J connectivity index is 1.41. The van der Waals surface area contributed by atoms with Gasteiger partial charge in [-0.2, -0.15) is 13.2 Å². The number of halogens is 3. The summed E-state index contributed by atoms with van der Waals surface area (Å²) < 4.78 is 63.7. The van der Waals surface area contributed by atoms with Crippen LogP contribution >= 0.6 is 0 Å². The van der Waals surface area contributed by atoms with Crippen LogP contribution in [0.1, 0.15) is 16.9 Å². The summed E-state index contributed by atoms with van der Waals surface area (Å²) >= 11 is 0. The van der Waals surface area contributed by atoms with Crippen molar-refractivity contribution in [1.29, 1.82) is 0 Å². The van der Waals surface area contributed by atoms with Gasteiger partial charge in [0.15, 0.2) is 0 Å². The van der Waals surface area contributed by atoms with Crippen molar-refractivity contribution >= 4 is 11.0 Å². The maximum absolute atomic E-state index is 13.8. The molecule has 5 rings (SSSR count). The van der Waals surface area contributed by atoms with E-state index in [-0.39, 0.29) is 29.1 Å². The zero-order chi connectivity index (χ0) is 26.7. The number of aryl methyl sites for hydroxylation is 1. The van der Waals surface area contributed by atoms with E-state index in [2.05, 4.69) is 0 Å². The molecule has 0 amide bonds. The van der Waals surface area contributed by atoms with Gasteiger partial charge in [-0.15, -0.1) is 0 Å². The Bertz CT molecular complexity index is 1640. The number of ether oxygens (including phenoxy) is 3. The van der Waals surface area contributed by atoms with Crippen molar-refractivity contribution in [1.82, 2.24) is 0 Å². The Labute approximate surface area is 215 Å². The Morgan fingerprint density at radius 1 is 0.737 bits per heavy atom. The van der Waals surface area contributed by atoms with Crippen LogP contribution in [0.4, 0.5) is 13.2 Å². The van der Waals surface area contributed by atoms with E-state index >= 15 is 0 Å². The molecular weight excluding hydrogens is 497 g/mol. The van der Waals surface area contributed by atoms with Gasteiger partial charge in [0.2, 0.25) is 11.2 Å². The van der Waals surface area contributed by atoms with Crippen molar-refractivity contribution in [2.45, 2.75) is 19.7 Å². The third-order valence-electron chi connectivity index (χ3n) is 5.57. The third kappa shape index (κ3) is 5.64. The highest BCUT2D eigenvalue weighted by Gasteiger charge is 2.40. The van der Waals surface area contributed by atoms with Crippen molar-refractivity contribution in [2.24, 2.45) is 0 Å². The zero-order valence-electron chi connectivity index (χ0n) is 20.1. The lowest BCUT2D eigenvalue weighted by Gasteiger charge is -2.14. The van der Waals surface area contributed by atoms with Gasteiger partial charge in [-0.05, 0) is 66.6 Å².